The van der Waals surface area contributed by atoms with Crippen LogP contribution in [0.1, 0.15) is 13.8 Å². The Morgan fingerprint density at radius 1 is 1.31 bits per heavy atom. The molecule has 1 atom stereocenters. The number of rotatable bonds is 6. The summed E-state index contributed by atoms with van der Waals surface area (Å²) in [5.74, 6) is 0.0500. The number of hydrogen-bond donors (Lipinski definition) is 1. The van der Waals surface area contributed by atoms with E-state index in [4.69, 9.17) is 9.47 Å². The molecule has 1 rings (SSSR count). The second kappa shape index (κ2) is 6.45. The van der Waals surface area contributed by atoms with Crippen molar-refractivity contribution in [2.45, 2.75) is 26.1 Å². The number of ether oxygens (including phenoxy) is 2. The van der Waals surface area contributed by atoms with Crippen molar-refractivity contribution in [2.75, 3.05) is 13.2 Å². The van der Waals surface area contributed by atoms with Crippen LogP contribution in [0.4, 0.5) is 4.39 Å². The van der Waals surface area contributed by atoms with Crippen molar-refractivity contribution in [3.63, 3.8) is 0 Å². The first kappa shape index (κ1) is 12.9. The molecule has 0 aliphatic heterocycles. The van der Waals surface area contributed by atoms with Crippen molar-refractivity contribution in [2.24, 2.45) is 0 Å². The molecule has 1 aromatic rings. The van der Waals surface area contributed by atoms with Gasteiger partial charge in [-0.25, -0.2) is 4.39 Å². The Morgan fingerprint density at radius 2 is 2.06 bits per heavy atom. The summed E-state index contributed by atoms with van der Waals surface area (Å²) in [5.41, 5.74) is 0. The lowest BCUT2D eigenvalue weighted by atomic mass is 10.3. The molecular formula is C12H17FO3. The maximum absolute atomic E-state index is 12.8. The maximum Gasteiger partial charge on any atom is 0.126 e. The van der Waals surface area contributed by atoms with Gasteiger partial charge in [-0.1, -0.05) is 6.07 Å². The van der Waals surface area contributed by atoms with E-state index in [-0.39, 0.29) is 25.1 Å². The number of hydrogen-bond acceptors (Lipinski definition) is 3. The molecule has 0 fully saturated rings. The van der Waals surface area contributed by atoms with Crippen LogP contribution in [0.3, 0.4) is 0 Å². The van der Waals surface area contributed by atoms with E-state index in [0.29, 0.717) is 5.75 Å². The molecule has 16 heavy (non-hydrogen) atoms. The van der Waals surface area contributed by atoms with Crippen LogP contribution >= 0.6 is 0 Å². The molecule has 0 spiro atoms. The van der Waals surface area contributed by atoms with E-state index in [2.05, 4.69) is 0 Å². The van der Waals surface area contributed by atoms with E-state index < -0.39 is 6.10 Å². The van der Waals surface area contributed by atoms with Gasteiger partial charge in [0.1, 0.15) is 24.3 Å². The normalized spacial score (nSPS) is 12.8. The quantitative estimate of drug-likeness (QED) is 0.809. The summed E-state index contributed by atoms with van der Waals surface area (Å²) in [6, 6.07) is 5.81. The smallest absolute Gasteiger partial charge is 0.126 e. The Hall–Kier alpha value is -1.13. The van der Waals surface area contributed by atoms with E-state index in [1.54, 1.807) is 12.1 Å². The molecule has 0 saturated heterocycles. The third-order valence-electron chi connectivity index (χ3n) is 1.86. The minimum atomic E-state index is -0.703. The molecule has 0 radical (unpaired) electrons. The van der Waals surface area contributed by atoms with Crippen LogP contribution in [0.25, 0.3) is 0 Å². The average Bonchev–Trinajstić information content (AvgIpc) is 2.23. The minimum Gasteiger partial charge on any atom is -0.491 e. The van der Waals surface area contributed by atoms with Crippen molar-refractivity contribution in [1.29, 1.82) is 0 Å². The first-order valence-electron chi connectivity index (χ1n) is 5.26. The number of aliphatic hydroxyl groups is 1. The van der Waals surface area contributed by atoms with Crippen LogP contribution in [0, 0.1) is 5.82 Å². The van der Waals surface area contributed by atoms with Crippen molar-refractivity contribution in [3.05, 3.63) is 30.1 Å². The van der Waals surface area contributed by atoms with Crippen molar-refractivity contribution in [3.8, 4) is 5.75 Å². The summed E-state index contributed by atoms with van der Waals surface area (Å²) in [7, 11) is 0. The van der Waals surface area contributed by atoms with E-state index in [0.717, 1.165) is 0 Å². The van der Waals surface area contributed by atoms with Gasteiger partial charge in [0.05, 0.1) is 12.7 Å². The Labute approximate surface area is 94.8 Å². The number of benzene rings is 1. The van der Waals surface area contributed by atoms with Gasteiger partial charge in [0.15, 0.2) is 0 Å². The highest BCUT2D eigenvalue weighted by molar-refractivity contribution is 5.22. The predicted octanol–water partition coefficient (Wildman–Crippen LogP) is 1.99. The summed E-state index contributed by atoms with van der Waals surface area (Å²) >= 11 is 0. The lowest BCUT2D eigenvalue weighted by Crippen LogP contribution is -2.25. The van der Waals surface area contributed by atoms with Crippen LogP contribution < -0.4 is 4.74 Å². The van der Waals surface area contributed by atoms with Gasteiger partial charge in [-0.3, -0.25) is 0 Å². The van der Waals surface area contributed by atoms with E-state index in [9.17, 15) is 9.50 Å². The zero-order valence-corrected chi connectivity index (χ0v) is 9.52. The third kappa shape index (κ3) is 5.09. The van der Waals surface area contributed by atoms with E-state index in [1.807, 2.05) is 13.8 Å². The fourth-order valence-electron chi connectivity index (χ4n) is 1.10. The molecule has 0 heterocycles. The Kier molecular flexibility index (Phi) is 5.22. The largest absolute Gasteiger partial charge is 0.491 e. The molecule has 0 saturated carbocycles. The fourth-order valence-corrected chi connectivity index (χ4v) is 1.10. The van der Waals surface area contributed by atoms with Crippen molar-refractivity contribution in [1.82, 2.24) is 0 Å². The minimum absolute atomic E-state index is 0.0730. The predicted molar refractivity (Wildman–Crippen MR) is 59.0 cm³/mol. The van der Waals surface area contributed by atoms with Crippen LogP contribution in [0.2, 0.25) is 0 Å². The Balaban J connectivity index is 2.28. The van der Waals surface area contributed by atoms with Gasteiger partial charge in [-0.2, -0.15) is 0 Å². The van der Waals surface area contributed by atoms with Gasteiger partial charge >= 0.3 is 0 Å². The number of halogens is 1. The number of aliphatic hydroxyl groups excluding tert-OH is 1. The fraction of sp³-hybridized carbons (Fsp3) is 0.500. The van der Waals surface area contributed by atoms with Gasteiger partial charge in [0.25, 0.3) is 0 Å². The molecule has 1 N–H and O–H groups in total. The molecule has 90 valence electrons. The highest BCUT2D eigenvalue weighted by Crippen LogP contribution is 2.12. The lowest BCUT2D eigenvalue weighted by molar-refractivity contribution is -0.0123. The van der Waals surface area contributed by atoms with E-state index >= 15 is 0 Å². The highest BCUT2D eigenvalue weighted by atomic mass is 19.1. The summed E-state index contributed by atoms with van der Waals surface area (Å²) in [5, 5.41) is 9.48. The molecule has 0 bridgehead atoms. The van der Waals surface area contributed by atoms with Crippen LogP contribution in [-0.4, -0.2) is 30.5 Å². The Morgan fingerprint density at radius 3 is 2.69 bits per heavy atom. The highest BCUT2D eigenvalue weighted by Gasteiger charge is 2.07. The first-order valence-corrected chi connectivity index (χ1v) is 5.26. The lowest BCUT2D eigenvalue weighted by Gasteiger charge is -2.14. The molecule has 0 aliphatic carbocycles. The zero-order chi connectivity index (χ0) is 12.0. The van der Waals surface area contributed by atoms with E-state index in [1.165, 1.54) is 12.1 Å². The van der Waals surface area contributed by atoms with Gasteiger partial charge in [-0.05, 0) is 26.0 Å². The first-order chi connectivity index (χ1) is 7.58. The zero-order valence-electron chi connectivity index (χ0n) is 9.52. The molecule has 0 amide bonds. The molecule has 1 unspecified atom stereocenters. The van der Waals surface area contributed by atoms with Gasteiger partial charge in [0, 0.05) is 6.07 Å². The maximum atomic E-state index is 12.8. The molecule has 3 nitrogen and oxygen atoms in total. The van der Waals surface area contributed by atoms with Gasteiger partial charge in [0.2, 0.25) is 0 Å². The van der Waals surface area contributed by atoms with Crippen LogP contribution in [-0.2, 0) is 4.74 Å². The molecule has 0 aliphatic rings. The Bertz CT molecular complexity index is 315. The summed E-state index contributed by atoms with van der Waals surface area (Å²) in [4.78, 5) is 0. The van der Waals surface area contributed by atoms with Gasteiger partial charge in [-0.15, -0.1) is 0 Å². The van der Waals surface area contributed by atoms with Crippen LogP contribution in [0.15, 0.2) is 24.3 Å². The molecule has 1 aromatic carbocycles. The van der Waals surface area contributed by atoms with Crippen molar-refractivity contribution < 1.29 is 19.0 Å². The topological polar surface area (TPSA) is 38.7 Å². The summed E-state index contributed by atoms with van der Waals surface area (Å²) in [6.07, 6.45) is -0.630. The summed E-state index contributed by atoms with van der Waals surface area (Å²) < 4.78 is 23.2. The molecule has 4 heteroatoms. The second-order valence-corrected chi connectivity index (χ2v) is 3.80. The standard InChI is InChI=1S/C12H17FO3/c1-9(2)15-7-11(14)8-16-12-5-3-4-10(13)6-12/h3-6,9,11,14H,7-8H2,1-2H3. The van der Waals surface area contributed by atoms with Crippen LogP contribution in [0.5, 0.6) is 5.75 Å². The van der Waals surface area contributed by atoms with Gasteiger partial charge < -0.3 is 14.6 Å². The SMILES string of the molecule is CC(C)OCC(O)COc1cccc(F)c1. The summed E-state index contributed by atoms with van der Waals surface area (Å²) in [6.45, 7) is 4.09. The van der Waals surface area contributed by atoms with Crippen molar-refractivity contribution >= 4 is 0 Å². The molecular weight excluding hydrogens is 211 g/mol. The second-order valence-electron chi connectivity index (χ2n) is 3.80. The molecule has 0 aromatic heterocycles. The monoisotopic (exact) mass is 228 g/mol. The third-order valence-corrected chi connectivity index (χ3v) is 1.86. The average molecular weight is 228 g/mol.